The van der Waals surface area contributed by atoms with Crippen molar-refractivity contribution in [1.82, 2.24) is 82.0 Å². The quantitative estimate of drug-likeness (QED) is 0.153. The number of carbonyl (C=O) groups is 12. The first kappa shape index (κ1) is 74.7. The van der Waals surface area contributed by atoms with Crippen LogP contribution in [0.3, 0.4) is 0 Å². The number of fused-ring (bicyclic) bond motifs is 16. The van der Waals surface area contributed by atoms with Crippen molar-refractivity contribution < 1.29 is 77.2 Å². The van der Waals surface area contributed by atoms with E-state index < -0.39 is 192 Å². The second-order valence-corrected chi connectivity index (χ2v) is 30.5. The predicted octanol–water partition coefficient (Wildman–Crippen LogP) is -2.13. The van der Waals surface area contributed by atoms with Gasteiger partial charge in [-0.2, -0.15) is 10.2 Å². The van der Waals surface area contributed by atoms with Crippen LogP contribution in [0.15, 0.2) is 70.3 Å². The Labute approximate surface area is 622 Å². The Bertz CT molecular complexity index is 4230. The highest BCUT2D eigenvalue weighted by atomic mass is 16.5. The molecule has 2 aromatic rings. The number of hydrazone groups is 2. The Hall–Kier alpha value is -10.1. The molecule has 12 aliphatic rings. The summed E-state index contributed by atoms with van der Waals surface area (Å²) in [4.78, 5) is 187. The van der Waals surface area contributed by atoms with Crippen LogP contribution in [0, 0.1) is 11.8 Å². The molecule has 12 amide bonds. The molecule has 12 heterocycles. The fourth-order valence-corrected chi connectivity index (χ4v) is 17.2. The van der Waals surface area contributed by atoms with Gasteiger partial charge in [0.15, 0.2) is 12.1 Å². The fraction of sp³-hybridized carbons (Fsp3) is 0.583. The van der Waals surface area contributed by atoms with E-state index in [2.05, 4.69) is 53.2 Å². The van der Waals surface area contributed by atoms with E-state index in [4.69, 9.17) is 9.47 Å². The van der Waals surface area contributed by atoms with Gasteiger partial charge in [0.2, 0.25) is 23.6 Å². The van der Waals surface area contributed by atoms with Gasteiger partial charge in [-0.3, -0.25) is 77.6 Å². The number of anilines is 2. The normalized spacial score (nSPS) is 33.7. The lowest BCUT2D eigenvalue weighted by molar-refractivity contribution is -0.162. The van der Waals surface area contributed by atoms with Gasteiger partial charge in [-0.15, -0.1) is 0 Å². The highest BCUT2D eigenvalue weighted by Gasteiger charge is 2.64. The molecule has 8 fully saturated rings. The van der Waals surface area contributed by atoms with Gasteiger partial charge in [0, 0.05) is 75.6 Å². The van der Waals surface area contributed by atoms with Gasteiger partial charge in [-0.1, -0.05) is 45.9 Å². The minimum atomic E-state index is -2.05. The number of nitrogens with one attached hydrogen (secondary N) is 8. The molecule has 0 spiro atoms. The lowest BCUT2D eigenvalue weighted by Gasteiger charge is -2.43. The van der Waals surface area contributed by atoms with E-state index >= 15 is 33.6 Å². The molecule has 16 unspecified atom stereocenters. The topological polar surface area (TPSA) is 417 Å². The lowest BCUT2D eigenvalue weighted by Crippen LogP contribution is -2.67. The maximum atomic E-state index is 15.9. The Morgan fingerprint density at radius 2 is 0.815 bits per heavy atom. The SMILES string of the molecule is COC1=CC2C(=O)N(C)C(C)C(=O)N3NCCCC3C(=O)N3C(CC4(O)c5ccc(-c6ccc7c(c6)C6(O)CC8C(=O)NC(C(C)C)C(=O)N9NCCCC9C(=O)N9N=CC(OC)=CC9C(=O)N(C)C(C)C(=O)N9NCCCC9C(=O)N8C6N7)cc5NC34)C(=O)NC(C(C)C)C(=O)N3NCCCC3C(=O)N2N=C1. The van der Waals surface area contributed by atoms with Crippen LogP contribution in [0.4, 0.5) is 11.4 Å². The van der Waals surface area contributed by atoms with Crippen LogP contribution in [0.5, 0.6) is 0 Å². The van der Waals surface area contributed by atoms with E-state index in [-0.39, 0.29) is 74.5 Å². The number of carbonyl (C=O) groups excluding carboxylic acids is 12. The van der Waals surface area contributed by atoms with E-state index in [0.29, 0.717) is 48.2 Å². The molecule has 0 aromatic heterocycles. The van der Waals surface area contributed by atoms with Crippen molar-refractivity contribution in [2.24, 2.45) is 22.0 Å². The number of allylic oxidation sites excluding steroid dienone is 2. The van der Waals surface area contributed by atoms with Gasteiger partial charge >= 0.3 is 0 Å². The predicted molar refractivity (Wildman–Crippen MR) is 383 cm³/mol. The standard InChI is InChI=1S/C72H94N20O16/c1-35(2)55-67(103)89-49(17-13-25-75-89)65(101)91-51(29-41(107-9)33-77-91)61(97)83(7)37(5)59(95)87-47(15-11-23-73-87)63(99)85-53(57(93)81-55)31-71(105)43-21-19-40(28-46(43)80-69(71)85)39-20-22-45-44(27-39)72(106)32-54-58(94)82-56(36(3)4)68(104)90-50(18-14-26-76-90)66(102)92-52(30-42(108-10)34-78-92)62(98)84(8)38(6)60(96)88-48(16-12-24-74-88)64(100)86(54)70(72)79-45/h19-22,27-30,33-38,47-56,69-70,73-76,79-80,105-106H,11-18,23-26,31-32H2,1-10H3,(H,81,93)(H,82,94). The van der Waals surface area contributed by atoms with Crippen LogP contribution in [-0.4, -0.2) is 283 Å². The number of hydrazine groups is 4. The van der Waals surface area contributed by atoms with E-state index in [0.717, 1.165) is 39.9 Å². The molecule has 0 bridgehead atoms. The van der Waals surface area contributed by atoms with Gasteiger partial charge in [0.1, 0.15) is 95.5 Å². The minimum Gasteiger partial charge on any atom is -0.495 e. The molecule has 108 heavy (non-hydrogen) atoms. The summed E-state index contributed by atoms with van der Waals surface area (Å²) in [5.41, 5.74) is 10.5. The number of benzene rings is 2. The molecule has 0 radical (unpaired) electrons. The second kappa shape index (κ2) is 28.8. The number of amides is 12. The number of rotatable bonds is 5. The summed E-state index contributed by atoms with van der Waals surface area (Å²) in [5.74, 6) is -9.72. The zero-order valence-corrected chi connectivity index (χ0v) is 61.9. The highest BCUT2D eigenvalue weighted by Crippen LogP contribution is 2.54. The largest absolute Gasteiger partial charge is 0.495 e. The molecule has 578 valence electrons. The number of likely N-dealkylation sites (N-methyl/N-ethyl adjacent to an activating group) is 2. The van der Waals surface area contributed by atoms with Gasteiger partial charge in [0.05, 0.1) is 26.6 Å². The van der Waals surface area contributed by atoms with Crippen LogP contribution < -0.4 is 43.0 Å². The van der Waals surface area contributed by atoms with Crippen molar-refractivity contribution >= 4 is 94.7 Å². The summed E-state index contributed by atoms with van der Waals surface area (Å²) in [7, 11) is 5.51. The first-order valence-electron chi connectivity index (χ1n) is 37.1. The molecule has 2 aromatic carbocycles. The molecular formula is C72H94N20O16. The number of hydrogen-bond acceptors (Lipinski definition) is 24. The molecule has 36 heteroatoms. The molecule has 16 atom stereocenters. The highest BCUT2D eigenvalue weighted by molar-refractivity contribution is 6.03. The number of nitrogens with zero attached hydrogens (tertiary/aromatic N) is 12. The van der Waals surface area contributed by atoms with E-state index in [1.807, 2.05) is 0 Å². The summed E-state index contributed by atoms with van der Waals surface area (Å²) >= 11 is 0. The summed E-state index contributed by atoms with van der Waals surface area (Å²) in [6, 6.07) is -5.91. The third-order valence-corrected chi connectivity index (χ3v) is 23.5. The summed E-state index contributed by atoms with van der Waals surface area (Å²) in [6.45, 7) is 10.8. The zero-order chi connectivity index (χ0) is 77.0. The van der Waals surface area contributed by atoms with Crippen molar-refractivity contribution in [2.75, 3.05) is 65.1 Å². The molecular weight excluding hydrogens is 1400 g/mol. The monoisotopic (exact) mass is 1490 g/mol. The van der Waals surface area contributed by atoms with Crippen LogP contribution in [0.1, 0.15) is 117 Å². The minimum absolute atomic E-state index is 0.0842. The van der Waals surface area contributed by atoms with E-state index in [1.54, 1.807) is 64.1 Å². The number of aliphatic hydroxyl groups is 2. The van der Waals surface area contributed by atoms with Crippen molar-refractivity contribution in [3.05, 3.63) is 71.2 Å². The fourth-order valence-electron chi connectivity index (χ4n) is 17.2. The zero-order valence-electron chi connectivity index (χ0n) is 61.9. The van der Waals surface area contributed by atoms with E-state index in [9.17, 15) is 34.2 Å². The summed E-state index contributed by atoms with van der Waals surface area (Å²) in [5, 5.41) is 54.6. The lowest BCUT2D eigenvalue weighted by atomic mass is 9.87. The Balaban J connectivity index is 0.795. The molecule has 8 saturated heterocycles. The number of methoxy groups -OCH3 is 2. The summed E-state index contributed by atoms with van der Waals surface area (Å²) < 4.78 is 10.9. The Morgan fingerprint density at radius 3 is 1.22 bits per heavy atom. The summed E-state index contributed by atoms with van der Waals surface area (Å²) in [6.07, 6.45) is 3.83. The van der Waals surface area contributed by atoms with Gasteiger partial charge in [0.25, 0.3) is 47.3 Å². The van der Waals surface area contributed by atoms with Crippen molar-refractivity contribution in [3.8, 4) is 11.1 Å². The van der Waals surface area contributed by atoms with Crippen molar-refractivity contribution in [1.29, 1.82) is 0 Å². The Kier molecular flexibility index (Phi) is 19.9. The molecule has 0 saturated carbocycles. The smallest absolute Gasteiger partial charge is 0.268 e. The third kappa shape index (κ3) is 12.4. The molecule has 14 rings (SSSR count). The average Bonchev–Trinajstić information content (AvgIpc) is 1.55. The number of hydrogen-bond donors (Lipinski definition) is 10. The molecule has 12 aliphatic heterocycles. The molecule has 0 aliphatic carbocycles. The van der Waals surface area contributed by atoms with E-state index in [1.165, 1.54) is 76.5 Å². The van der Waals surface area contributed by atoms with Crippen LogP contribution >= 0.6 is 0 Å². The van der Waals surface area contributed by atoms with Crippen LogP contribution in [-0.2, 0) is 78.2 Å². The first-order valence-corrected chi connectivity index (χ1v) is 37.1. The van der Waals surface area contributed by atoms with Crippen molar-refractivity contribution in [3.63, 3.8) is 0 Å². The van der Waals surface area contributed by atoms with Crippen LogP contribution in [0.2, 0.25) is 0 Å². The Morgan fingerprint density at radius 1 is 0.444 bits per heavy atom. The molecule has 10 N–H and O–H groups in total. The third-order valence-electron chi connectivity index (χ3n) is 23.5. The van der Waals surface area contributed by atoms with Crippen molar-refractivity contribution in [2.45, 2.75) is 202 Å². The van der Waals surface area contributed by atoms with Gasteiger partial charge in [-0.05, 0) is 119 Å². The van der Waals surface area contributed by atoms with Gasteiger partial charge in [-0.25, -0.2) is 31.7 Å². The van der Waals surface area contributed by atoms with Crippen LogP contribution in [0.25, 0.3) is 11.1 Å². The number of ether oxygens (including phenoxy) is 2. The first-order chi connectivity index (χ1) is 51.5. The van der Waals surface area contributed by atoms with Gasteiger partial charge < -0.3 is 60.6 Å². The maximum Gasteiger partial charge on any atom is 0.268 e. The maximum absolute atomic E-state index is 15.9. The average molecular weight is 1500 g/mol. The molecule has 36 nitrogen and oxygen atoms in total. The second-order valence-electron chi connectivity index (χ2n) is 30.5.